The second-order valence-corrected chi connectivity index (χ2v) is 9.20. The number of halogens is 1. The molecule has 0 N–H and O–H groups in total. The average molecular weight is 431 g/mol. The number of thiophene rings is 1. The van der Waals surface area contributed by atoms with E-state index in [1.54, 1.807) is 7.05 Å². The van der Waals surface area contributed by atoms with Crippen molar-refractivity contribution < 1.29 is 22.7 Å². The predicted octanol–water partition coefficient (Wildman–Crippen LogP) is 2.47. The second kappa shape index (κ2) is 8.83. The van der Waals surface area contributed by atoms with Crippen LogP contribution < -0.4 is 0 Å². The van der Waals surface area contributed by atoms with Crippen LogP contribution in [0.15, 0.2) is 39.9 Å². The molecule has 1 aromatic carbocycles. The molecular formula is C17H19ClN2O5S2. The molecule has 10 heteroatoms. The van der Waals surface area contributed by atoms with Crippen molar-refractivity contribution in [3.63, 3.8) is 0 Å². The number of rotatable bonds is 7. The summed E-state index contributed by atoms with van der Waals surface area (Å²) in [6.45, 7) is -0.0378. The molecule has 2 aromatic rings. The van der Waals surface area contributed by atoms with Gasteiger partial charge in [0, 0.05) is 27.7 Å². The predicted molar refractivity (Wildman–Crippen MR) is 103 cm³/mol. The summed E-state index contributed by atoms with van der Waals surface area (Å²) in [6, 6.07) is 5.69. The third-order valence-corrected chi connectivity index (χ3v) is 6.71. The van der Waals surface area contributed by atoms with Crippen molar-refractivity contribution in [3.8, 4) is 0 Å². The summed E-state index contributed by atoms with van der Waals surface area (Å²) >= 11 is 7.48. The quantitative estimate of drug-likeness (QED) is 0.630. The zero-order chi connectivity index (χ0) is 20.2. The second-order valence-electron chi connectivity index (χ2n) is 5.89. The minimum Gasteiger partial charge on any atom is -0.452 e. The van der Waals surface area contributed by atoms with Gasteiger partial charge in [0.25, 0.3) is 5.91 Å². The molecule has 0 saturated heterocycles. The summed E-state index contributed by atoms with van der Waals surface area (Å²) in [5, 5.41) is 3.83. The molecule has 0 radical (unpaired) electrons. The molecule has 0 saturated carbocycles. The molecule has 0 aliphatic carbocycles. The molecule has 2 rings (SSSR count). The van der Waals surface area contributed by atoms with Gasteiger partial charge in [0.15, 0.2) is 6.61 Å². The minimum absolute atomic E-state index is 0.00638. The number of hydrogen-bond donors (Lipinski definition) is 0. The first-order valence-electron chi connectivity index (χ1n) is 7.77. The number of nitrogens with zero attached hydrogens (tertiary/aromatic N) is 2. The molecule has 1 aromatic heterocycles. The molecule has 146 valence electrons. The lowest BCUT2D eigenvalue weighted by atomic mass is 10.2. The first kappa shape index (κ1) is 21.4. The number of carbonyl (C=O) groups is 2. The molecule has 0 fully saturated rings. The lowest BCUT2D eigenvalue weighted by molar-refractivity contribution is -0.133. The lowest BCUT2D eigenvalue weighted by Gasteiger charge is -2.16. The maximum atomic E-state index is 12.3. The van der Waals surface area contributed by atoms with Crippen LogP contribution in [0.2, 0.25) is 5.02 Å². The monoisotopic (exact) mass is 430 g/mol. The van der Waals surface area contributed by atoms with Crippen LogP contribution in [-0.4, -0.2) is 57.2 Å². The molecule has 1 heterocycles. The van der Waals surface area contributed by atoms with E-state index < -0.39 is 22.6 Å². The first-order valence-corrected chi connectivity index (χ1v) is 10.5. The van der Waals surface area contributed by atoms with Crippen LogP contribution in [0.4, 0.5) is 0 Å². The Morgan fingerprint density at radius 3 is 2.48 bits per heavy atom. The number of carbonyl (C=O) groups excluding carboxylic acids is 2. The molecule has 0 unspecified atom stereocenters. The number of esters is 1. The Bertz CT molecular complexity index is 927. The van der Waals surface area contributed by atoms with Crippen LogP contribution in [0.25, 0.3) is 0 Å². The zero-order valence-electron chi connectivity index (χ0n) is 15.0. The molecule has 7 nitrogen and oxygen atoms in total. The number of hydrogen-bond acceptors (Lipinski definition) is 6. The normalized spacial score (nSPS) is 11.4. The maximum Gasteiger partial charge on any atom is 0.338 e. The van der Waals surface area contributed by atoms with E-state index in [9.17, 15) is 18.0 Å². The highest BCUT2D eigenvalue weighted by Gasteiger charge is 2.23. The van der Waals surface area contributed by atoms with E-state index in [0.717, 1.165) is 15.9 Å². The molecule has 0 bridgehead atoms. The molecule has 27 heavy (non-hydrogen) atoms. The largest absolute Gasteiger partial charge is 0.452 e. The lowest BCUT2D eigenvalue weighted by Crippen LogP contribution is -2.30. The van der Waals surface area contributed by atoms with Crippen LogP contribution in [0.5, 0.6) is 0 Å². The summed E-state index contributed by atoms with van der Waals surface area (Å²) in [5.74, 6) is -1.18. The van der Waals surface area contributed by atoms with Crippen LogP contribution in [0, 0.1) is 0 Å². The van der Waals surface area contributed by atoms with Crippen LogP contribution in [0.1, 0.15) is 15.9 Å². The number of benzene rings is 1. The Hall–Kier alpha value is -1.94. The SMILES string of the molecule is CN(Cc1ccsc1)C(=O)COC(=O)c1ccc(Cl)c(S(=O)(=O)N(C)C)c1. The van der Waals surface area contributed by atoms with Crippen molar-refractivity contribution in [2.45, 2.75) is 11.4 Å². The third kappa shape index (κ3) is 5.29. The van der Waals surface area contributed by atoms with Crippen molar-refractivity contribution in [2.75, 3.05) is 27.7 Å². The highest BCUT2D eigenvalue weighted by atomic mass is 35.5. The van der Waals surface area contributed by atoms with E-state index in [1.807, 2.05) is 16.8 Å². The van der Waals surface area contributed by atoms with Gasteiger partial charge >= 0.3 is 5.97 Å². The van der Waals surface area contributed by atoms with E-state index in [1.165, 1.54) is 42.5 Å². The molecule has 1 amide bonds. The fourth-order valence-electron chi connectivity index (χ4n) is 2.09. The summed E-state index contributed by atoms with van der Waals surface area (Å²) in [6.07, 6.45) is 0. The average Bonchev–Trinajstić information content (AvgIpc) is 3.12. The van der Waals surface area contributed by atoms with Gasteiger partial charge in [-0.1, -0.05) is 11.6 Å². The summed E-state index contributed by atoms with van der Waals surface area (Å²) < 4.78 is 30.5. The molecule has 0 spiro atoms. The van der Waals surface area contributed by atoms with E-state index in [4.69, 9.17) is 16.3 Å². The molecule has 0 aliphatic heterocycles. The van der Waals surface area contributed by atoms with Crippen molar-refractivity contribution in [3.05, 3.63) is 51.2 Å². The Morgan fingerprint density at radius 2 is 1.89 bits per heavy atom. The van der Waals surface area contributed by atoms with Gasteiger partial charge in [0.05, 0.1) is 10.6 Å². The summed E-state index contributed by atoms with van der Waals surface area (Å²) in [4.78, 5) is 25.5. The van der Waals surface area contributed by atoms with E-state index in [0.29, 0.717) is 6.54 Å². The molecular weight excluding hydrogens is 412 g/mol. The van der Waals surface area contributed by atoms with Gasteiger partial charge in [-0.2, -0.15) is 11.3 Å². The number of likely N-dealkylation sites (N-methyl/N-ethyl adjacent to an activating group) is 1. The van der Waals surface area contributed by atoms with Gasteiger partial charge in [-0.05, 0) is 40.6 Å². The van der Waals surface area contributed by atoms with Crippen LogP contribution in [0.3, 0.4) is 0 Å². The van der Waals surface area contributed by atoms with Gasteiger partial charge in [-0.3, -0.25) is 4.79 Å². The van der Waals surface area contributed by atoms with Gasteiger partial charge in [0.2, 0.25) is 10.0 Å². The number of ether oxygens (including phenoxy) is 1. The van der Waals surface area contributed by atoms with Crippen molar-refractivity contribution in [1.29, 1.82) is 0 Å². The molecule has 0 aliphatic rings. The fraction of sp³-hybridized carbons (Fsp3) is 0.294. The summed E-state index contributed by atoms with van der Waals surface area (Å²) in [5.41, 5.74) is 0.978. The van der Waals surface area contributed by atoms with Gasteiger partial charge in [-0.15, -0.1) is 0 Å². The number of amides is 1. The van der Waals surface area contributed by atoms with E-state index in [-0.39, 0.29) is 21.4 Å². The Labute approximate surface area is 167 Å². The van der Waals surface area contributed by atoms with Crippen molar-refractivity contribution in [1.82, 2.24) is 9.21 Å². The standard InChI is InChI=1S/C17H19ClN2O5S2/c1-19(2)27(23,24)15-8-13(4-5-14(15)18)17(22)25-10-16(21)20(3)9-12-6-7-26-11-12/h4-8,11H,9-10H2,1-3H3. The highest BCUT2D eigenvalue weighted by molar-refractivity contribution is 7.89. The van der Waals surface area contributed by atoms with Crippen LogP contribution >= 0.6 is 22.9 Å². The smallest absolute Gasteiger partial charge is 0.338 e. The maximum absolute atomic E-state index is 12.3. The Kier molecular flexibility index (Phi) is 6.99. The zero-order valence-corrected chi connectivity index (χ0v) is 17.4. The van der Waals surface area contributed by atoms with Crippen molar-refractivity contribution >= 4 is 44.8 Å². The Balaban J connectivity index is 2.05. The molecule has 0 atom stereocenters. The topological polar surface area (TPSA) is 84.0 Å². The first-order chi connectivity index (χ1) is 12.6. The van der Waals surface area contributed by atoms with Crippen LogP contribution in [-0.2, 0) is 26.1 Å². The van der Waals surface area contributed by atoms with Crippen molar-refractivity contribution in [2.24, 2.45) is 0 Å². The van der Waals surface area contributed by atoms with E-state index in [2.05, 4.69) is 0 Å². The fourth-order valence-corrected chi connectivity index (χ4v) is 4.14. The van der Waals surface area contributed by atoms with Gasteiger partial charge < -0.3 is 9.64 Å². The summed E-state index contributed by atoms with van der Waals surface area (Å²) in [7, 11) is 0.511. The third-order valence-electron chi connectivity index (χ3n) is 3.68. The number of sulfonamides is 1. The van der Waals surface area contributed by atoms with Gasteiger partial charge in [-0.25, -0.2) is 17.5 Å². The van der Waals surface area contributed by atoms with E-state index >= 15 is 0 Å². The van der Waals surface area contributed by atoms with Gasteiger partial charge in [0.1, 0.15) is 4.90 Å². The highest BCUT2D eigenvalue weighted by Crippen LogP contribution is 2.25. The Morgan fingerprint density at radius 1 is 1.19 bits per heavy atom. The minimum atomic E-state index is -3.82.